The molecule has 0 aliphatic heterocycles. The Morgan fingerprint density at radius 1 is 2.00 bits per heavy atom. The van der Waals surface area contributed by atoms with E-state index in [4.69, 9.17) is 0 Å². The van der Waals surface area contributed by atoms with Crippen LogP contribution in [0.15, 0.2) is 0 Å². The minimum Gasteiger partial charge on any atom is -0.367 e. The van der Waals surface area contributed by atoms with Gasteiger partial charge < -0.3 is 5.73 Å². The van der Waals surface area contributed by atoms with Gasteiger partial charge in [0.25, 0.3) is 0 Å². The van der Waals surface area contributed by atoms with Crippen molar-refractivity contribution in [3.05, 3.63) is 0 Å². The molecule has 0 saturated carbocycles. The molecule has 0 bridgehead atoms. The smallest absolute Gasteiger partial charge is 0.248 e. The Morgan fingerprint density at radius 2 is 2.20 bits per heavy atom. The number of carbonyl (C=O) groups excluding carboxylic acids is 1. The SMILES string of the molecule is NC(=O)CF. The molecule has 2 nitrogen and oxygen atoms in total. The molecule has 0 atom stereocenters. The van der Waals surface area contributed by atoms with Crippen molar-refractivity contribution in [3.63, 3.8) is 0 Å². The van der Waals surface area contributed by atoms with E-state index >= 15 is 0 Å². The van der Waals surface area contributed by atoms with Gasteiger partial charge in [0.15, 0.2) is 6.67 Å². The van der Waals surface area contributed by atoms with Gasteiger partial charge in [-0.3, -0.25) is 4.79 Å². The van der Waals surface area contributed by atoms with Crippen LogP contribution in [0, 0.1) is 0 Å². The van der Waals surface area contributed by atoms with Gasteiger partial charge in [-0.15, -0.1) is 0 Å². The Balaban J connectivity index is 2.85. The molecule has 0 aromatic heterocycles. The maximum Gasteiger partial charge on any atom is 0.248 e. The molecule has 0 unspecified atom stereocenters. The Kier molecular flexibility index (Phi) is 1.49. The Bertz CT molecular complexity index is 44.9. The molecule has 0 saturated heterocycles. The van der Waals surface area contributed by atoms with Gasteiger partial charge in [-0.1, -0.05) is 0 Å². The molecule has 0 radical (unpaired) electrons. The molecule has 0 aliphatic carbocycles. The molecule has 0 heterocycles. The van der Waals surface area contributed by atoms with Crippen molar-refractivity contribution in [2.75, 3.05) is 6.67 Å². The molecule has 1 amide bonds. The van der Waals surface area contributed by atoms with E-state index < -0.39 is 12.6 Å². The molecule has 30 valence electrons. The van der Waals surface area contributed by atoms with Crippen LogP contribution < -0.4 is 5.73 Å². The first-order chi connectivity index (χ1) is 2.27. The summed E-state index contributed by atoms with van der Waals surface area (Å²) in [6.07, 6.45) is 0. The Hall–Kier alpha value is -0.600. The lowest BCUT2D eigenvalue weighted by atomic mass is 10.7. The van der Waals surface area contributed by atoms with Crippen LogP contribution in [0.5, 0.6) is 0 Å². The first kappa shape index (κ1) is 4.40. The second kappa shape index (κ2) is 1.69. The lowest BCUT2D eigenvalue weighted by Crippen LogP contribution is -2.11. The van der Waals surface area contributed by atoms with Crippen molar-refractivity contribution >= 4 is 5.91 Å². The molecule has 3 heteroatoms. The molecule has 0 spiro atoms. The third kappa shape index (κ3) is 3.40. The van der Waals surface area contributed by atoms with Gasteiger partial charge in [-0.05, 0) is 0 Å². The van der Waals surface area contributed by atoms with E-state index in [0.717, 1.165) is 0 Å². The van der Waals surface area contributed by atoms with Gasteiger partial charge in [0.1, 0.15) is 0 Å². The first-order valence-corrected chi connectivity index (χ1v) is 1.11. The summed E-state index contributed by atoms with van der Waals surface area (Å²) in [6, 6.07) is 0. The predicted molar refractivity (Wildman–Crippen MR) is 15.2 cm³/mol. The van der Waals surface area contributed by atoms with Crippen molar-refractivity contribution in [1.82, 2.24) is 0 Å². The fourth-order valence-corrected chi connectivity index (χ4v) is 0. The lowest BCUT2D eigenvalue weighted by Gasteiger charge is -1.70. The summed E-state index contributed by atoms with van der Waals surface area (Å²) in [5.41, 5.74) is 4.28. The second-order valence-corrected chi connectivity index (χ2v) is 0.600. The van der Waals surface area contributed by atoms with Crippen LogP contribution in [0.3, 0.4) is 0 Å². The maximum atomic E-state index is 10.6. The highest BCUT2D eigenvalue weighted by atomic mass is 19.1. The molecule has 0 aliphatic rings. The van der Waals surface area contributed by atoms with Crippen LogP contribution in [-0.4, -0.2) is 12.6 Å². The quantitative estimate of drug-likeness (QED) is 0.448. The summed E-state index contributed by atoms with van der Waals surface area (Å²) in [4.78, 5) is 9.22. The van der Waals surface area contributed by atoms with E-state index in [1.165, 1.54) is 0 Å². The van der Waals surface area contributed by atoms with Crippen LogP contribution in [0.4, 0.5) is 4.39 Å². The third-order valence-electron chi connectivity index (χ3n) is 0.132. The predicted octanol–water partition coefficient (Wildman–Crippen LogP) is -0.559. The summed E-state index contributed by atoms with van der Waals surface area (Å²) in [7, 11) is 0. The molecular formula is C2H4FNO. The highest BCUT2D eigenvalue weighted by Crippen LogP contribution is 1.55. The fourth-order valence-electron chi connectivity index (χ4n) is 0. The standard InChI is InChI=1S/C2H4FNO/c3-1-2(4)5/h1H2,(H2,4,5). The van der Waals surface area contributed by atoms with Gasteiger partial charge in [0, 0.05) is 0 Å². The van der Waals surface area contributed by atoms with Crippen molar-refractivity contribution in [3.8, 4) is 0 Å². The van der Waals surface area contributed by atoms with Crippen molar-refractivity contribution in [2.45, 2.75) is 0 Å². The zero-order valence-corrected chi connectivity index (χ0v) is 2.57. The molecule has 5 heavy (non-hydrogen) atoms. The van der Waals surface area contributed by atoms with Crippen LogP contribution in [0.1, 0.15) is 0 Å². The van der Waals surface area contributed by atoms with E-state index in [1.807, 2.05) is 0 Å². The average Bonchev–Trinajstić information content (AvgIpc) is 1.38. The average molecular weight is 77.1 g/mol. The van der Waals surface area contributed by atoms with Gasteiger partial charge >= 0.3 is 0 Å². The van der Waals surface area contributed by atoms with Crippen molar-refractivity contribution in [2.24, 2.45) is 5.73 Å². The van der Waals surface area contributed by atoms with E-state index in [1.54, 1.807) is 0 Å². The largest absolute Gasteiger partial charge is 0.367 e. The number of nitrogens with two attached hydrogens (primary N) is 1. The number of carbonyl (C=O) groups is 1. The topological polar surface area (TPSA) is 43.1 Å². The highest BCUT2D eigenvalue weighted by Gasteiger charge is 1.81. The number of hydrogen-bond donors (Lipinski definition) is 1. The van der Waals surface area contributed by atoms with Gasteiger partial charge in [-0.2, -0.15) is 0 Å². The van der Waals surface area contributed by atoms with Crippen LogP contribution >= 0.6 is 0 Å². The van der Waals surface area contributed by atoms with E-state index in [2.05, 4.69) is 5.73 Å². The normalized spacial score (nSPS) is 7.40. The summed E-state index contributed by atoms with van der Waals surface area (Å²) < 4.78 is 10.6. The number of primary amides is 1. The van der Waals surface area contributed by atoms with Crippen molar-refractivity contribution < 1.29 is 9.18 Å². The van der Waals surface area contributed by atoms with E-state index in [9.17, 15) is 9.18 Å². The van der Waals surface area contributed by atoms with Gasteiger partial charge in [-0.25, -0.2) is 4.39 Å². The van der Waals surface area contributed by atoms with Crippen molar-refractivity contribution in [1.29, 1.82) is 0 Å². The molecule has 0 rings (SSSR count). The summed E-state index contributed by atoms with van der Waals surface area (Å²) in [5, 5.41) is 0. The molecule has 0 fully saturated rings. The first-order valence-electron chi connectivity index (χ1n) is 1.11. The number of halogens is 1. The van der Waals surface area contributed by atoms with E-state index in [-0.39, 0.29) is 0 Å². The minimum absolute atomic E-state index is 0.912. The molecule has 0 aromatic rings. The lowest BCUT2D eigenvalue weighted by molar-refractivity contribution is -0.118. The monoisotopic (exact) mass is 77.0 g/mol. The Morgan fingerprint density at radius 3 is 2.20 bits per heavy atom. The minimum atomic E-state index is -1.06. The Labute approximate surface area is 28.8 Å². The van der Waals surface area contributed by atoms with Crippen LogP contribution in [0.25, 0.3) is 0 Å². The summed E-state index contributed by atoms with van der Waals surface area (Å²) >= 11 is 0. The maximum absolute atomic E-state index is 10.6. The number of hydrogen-bond acceptors (Lipinski definition) is 1. The fraction of sp³-hybridized carbons (Fsp3) is 0.500. The zero-order chi connectivity index (χ0) is 4.28. The zero-order valence-electron chi connectivity index (χ0n) is 2.57. The third-order valence-corrected chi connectivity index (χ3v) is 0.132. The van der Waals surface area contributed by atoms with Crippen LogP contribution in [-0.2, 0) is 4.79 Å². The van der Waals surface area contributed by atoms with Gasteiger partial charge in [0.2, 0.25) is 5.91 Å². The molecular weight excluding hydrogens is 73.0 g/mol. The summed E-state index contributed by atoms with van der Waals surface area (Å²) in [6.45, 7) is -1.06. The highest BCUT2D eigenvalue weighted by molar-refractivity contribution is 5.74. The molecule has 0 aromatic carbocycles. The van der Waals surface area contributed by atoms with Crippen LogP contribution in [0.2, 0.25) is 0 Å². The number of alkyl halides is 1. The molecule has 2 N–H and O–H groups in total. The van der Waals surface area contributed by atoms with E-state index in [0.29, 0.717) is 0 Å². The van der Waals surface area contributed by atoms with Gasteiger partial charge in [0.05, 0.1) is 0 Å². The number of amides is 1. The second-order valence-electron chi connectivity index (χ2n) is 0.600. The number of rotatable bonds is 1. The summed E-state index contributed by atoms with van der Waals surface area (Å²) in [5.74, 6) is -0.912.